The van der Waals surface area contributed by atoms with Gasteiger partial charge in [-0.2, -0.15) is 0 Å². The highest BCUT2D eigenvalue weighted by Gasteiger charge is 2.33. The maximum absolute atomic E-state index is 14.9. The van der Waals surface area contributed by atoms with Gasteiger partial charge < -0.3 is 30.1 Å². The fraction of sp³-hybridized carbons (Fsp3) is 0.595. The third kappa shape index (κ3) is 7.78. The monoisotopic (exact) mass is 660 g/mol. The predicted octanol–water partition coefficient (Wildman–Crippen LogP) is 4.82. The van der Waals surface area contributed by atoms with Crippen LogP contribution in [-0.4, -0.2) is 97.4 Å². The molecule has 2 N–H and O–H groups in total. The molecule has 3 heterocycles. The van der Waals surface area contributed by atoms with E-state index in [-0.39, 0.29) is 17.4 Å². The summed E-state index contributed by atoms with van der Waals surface area (Å²) in [6.07, 6.45) is 3.78. The van der Waals surface area contributed by atoms with E-state index >= 15 is 0 Å². The Morgan fingerprint density at radius 3 is 2.62 bits per heavy atom. The Morgan fingerprint density at radius 2 is 1.92 bits per heavy atom. The van der Waals surface area contributed by atoms with Crippen molar-refractivity contribution in [2.45, 2.75) is 72.0 Å². The van der Waals surface area contributed by atoms with E-state index in [9.17, 15) is 9.18 Å². The zero-order valence-electron chi connectivity index (χ0n) is 29.6. The van der Waals surface area contributed by atoms with Crippen LogP contribution >= 0.6 is 0 Å². The summed E-state index contributed by atoms with van der Waals surface area (Å²) in [6, 6.07) is 11.3. The van der Waals surface area contributed by atoms with Gasteiger partial charge >= 0.3 is 0 Å². The first-order valence-corrected chi connectivity index (χ1v) is 17.6. The molecule has 2 saturated heterocycles. The lowest BCUT2D eigenvalue weighted by Crippen LogP contribution is -2.53. The van der Waals surface area contributed by atoms with Crippen molar-refractivity contribution in [2.24, 2.45) is 16.3 Å². The van der Waals surface area contributed by atoms with Crippen LogP contribution in [-0.2, 0) is 13.0 Å². The van der Waals surface area contributed by atoms with Gasteiger partial charge in [0.2, 0.25) is 5.95 Å². The lowest BCUT2D eigenvalue weighted by molar-refractivity contribution is 0.168. The average Bonchev–Trinajstić information content (AvgIpc) is 3.05. The number of anilines is 2. The quantitative estimate of drug-likeness (QED) is 0.276. The highest BCUT2D eigenvalue weighted by atomic mass is 19.1. The summed E-state index contributed by atoms with van der Waals surface area (Å²) in [5.41, 5.74) is 2.29. The molecule has 3 aliphatic rings. The van der Waals surface area contributed by atoms with Crippen molar-refractivity contribution in [3.8, 4) is 5.75 Å². The minimum absolute atomic E-state index is 0.113. The Balaban J connectivity index is 1.33. The zero-order chi connectivity index (χ0) is 34.0. The van der Waals surface area contributed by atoms with Gasteiger partial charge in [0, 0.05) is 70.2 Å². The Labute approximate surface area is 284 Å². The zero-order valence-corrected chi connectivity index (χ0v) is 29.6. The molecular weight excluding hydrogens is 607 g/mol. The van der Waals surface area contributed by atoms with Crippen molar-refractivity contribution in [3.05, 3.63) is 58.1 Å². The van der Waals surface area contributed by atoms with Crippen LogP contribution < -0.4 is 25.8 Å². The molecule has 0 bridgehead atoms. The first-order valence-electron chi connectivity index (χ1n) is 17.6. The molecule has 0 unspecified atom stereocenters. The summed E-state index contributed by atoms with van der Waals surface area (Å²) >= 11 is 0. The molecule has 2 aliphatic heterocycles. The van der Waals surface area contributed by atoms with Gasteiger partial charge in [-0.1, -0.05) is 26.8 Å². The molecule has 48 heavy (non-hydrogen) atoms. The van der Waals surface area contributed by atoms with E-state index in [0.29, 0.717) is 58.5 Å². The third-order valence-electron chi connectivity index (χ3n) is 10.4. The fourth-order valence-electron chi connectivity index (χ4n) is 7.55. The van der Waals surface area contributed by atoms with E-state index in [0.717, 1.165) is 63.9 Å². The van der Waals surface area contributed by atoms with Crippen molar-refractivity contribution < 1.29 is 9.13 Å². The van der Waals surface area contributed by atoms with Crippen LogP contribution in [0.25, 0.3) is 10.9 Å². The Bertz CT molecular complexity index is 1680. The van der Waals surface area contributed by atoms with Crippen LogP contribution in [0, 0.1) is 17.2 Å². The second-order valence-corrected chi connectivity index (χ2v) is 14.9. The number of aryl methyl sites for hydroxylation is 1. The molecule has 1 aliphatic carbocycles. The average molecular weight is 661 g/mol. The standard InChI is InChI=1S/C37H53FN8O2/c1-25-23-37(3,4)13-11-32(25)41-35(45-16-14-39-26(2)24-45)40-28-8-10-30-33(21-28)42-36(44-19-17-43(5)18-20-44)46(34(30)47)15-12-27-7-9-29(48-6)22-31(27)38/h7-10,21-22,25-26,32,39H,11-20,23-24H2,1-6H3,(H,40,41)/t25-,26-,32-/m0/s1. The first-order chi connectivity index (χ1) is 23.0. The van der Waals surface area contributed by atoms with Gasteiger partial charge in [-0.25, -0.2) is 14.4 Å². The third-order valence-corrected chi connectivity index (χ3v) is 10.4. The number of piperazine rings is 2. The van der Waals surface area contributed by atoms with Gasteiger partial charge in [0.05, 0.1) is 24.1 Å². The molecule has 1 saturated carbocycles. The van der Waals surface area contributed by atoms with E-state index in [1.165, 1.54) is 26.0 Å². The molecule has 10 nitrogen and oxygen atoms in total. The number of aliphatic imine (C=N–C) groups is 1. The van der Waals surface area contributed by atoms with Crippen LogP contribution in [0.15, 0.2) is 46.2 Å². The number of ether oxygens (including phenoxy) is 1. The minimum atomic E-state index is -0.337. The van der Waals surface area contributed by atoms with Gasteiger partial charge in [-0.15, -0.1) is 0 Å². The summed E-state index contributed by atoms with van der Waals surface area (Å²) in [6.45, 7) is 15.5. The number of methoxy groups -OCH3 is 1. The highest BCUT2D eigenvalue weighted by molar-refractivity contribution is 5.96. The number of aromatic nitrogens is 2. The van der Waals surface area contributed by atoms with Crippen LogP contribution in [0.4, 0.5) is 16.0 Å². The van der Waals surface area contributed by atoms with Crippen molar-refractivity contribution in [2.75, 3.05) is 70.2 Å². The highest BCUT2D eigenvalue weighted by Crippen LogP contribution is 2.40. The van der Waals surface area contributed by atoms with Gasteiger partial charge in [-0.3, -0.25) is 9.36 Å². The predicted molar refractivity (Wildman–Crippen MR) is 193 cm³/mol. The van der Waals surface area contributed by atoms with Crippen LogP contribution in [0.3, 0.4) is 0 Å². The second-order valence-electron chi connectivity index (χ2n) is 14.9. The summed E-state index contributed by atoms with van der Waals surface area (Å²) in [5, 5.41) is 7.78. The van der Waals surface area contributed by atoms with Gasteiger partial charge in [0.15, 0.2) is 5.96 Å². The molecular formula is C37H53FN8O2. The maximum atomic E-state index is 14.9. The molecule has 260 valence electrons. The molecule has 3 atom stereocenters. The second kappa shape index (κ2) is 14.4. The van der Waals surface area contributed by atoms with Crippen LogP contribution in [0.1, 0.15) is 52.5 Å². The lowest BCUT2D eigenvalue weighted by atomic mass is 9.71. The van der Waals surface area contributed by atoms with Crippen molar-refractivity contribution >= 4 is 28.5 Å². The number of hydrogen-bond acceptors (Lipinski definition) is 7. The Hall–Kier alpha value is -3.70. The number of rotatable bonds is 7. The summed E-state index contributed by atoms with van der Waals surface area (Å²) in [4.78, 5) is 31.5. The number of nitrogens with zero attached hydrogens (tertiary/aromatic N) is 6. The SMILES string of the molecule is COc1ccc(CCn2c(N3CCN(C)CC3)nc3cc(N/C(=N/[C@H]4CCC(C)(C)C[C@@H]4C)N4CCN[C@@H](C)C4)ccc3c2=O)c(F)c1. The molecule has 6 rings (SSSR count). The molecule has 11 heteroatoms. The van der Waals surface area contributed by atoms with Crippen molar-refractivity contribution in [1.29, 1.82) is 0 Å². The number of benzene rings is 2. The van der Waals surface area contributed by atoms with E-state index in [1.54, 1.807) is 16.7 Å². The van der Waals surface area contributed by atoms with Gasteiger partial charge in [0.25, 0.3) is 5.56 Å². The smallest absolute Gasteiger partial charge is 0.262 e. The van der Waals surface area contributed by atoms with Crippen molar-refractivity contribution in [3.63, 3.8) is 0 Å². The van der Waals surface area contributed by atoms with E-state index in [1.807, 2.05) is 18.2 Å². The van der Waals surface area contributed by atoms with Gasteiger partial charge in [0.1, 0.15) is 11.6 Å². The number of hydrogen-bond donors (Lipinski definition) is 2. The fourth-order valence-corrected chi connectivity index (χ4v) is 7.55. The molecule has 3 fully saturated rings. The maximum Gasteiger partial charge on any atom is 0.262 e. The molecule has 0 spiro atoms. The number of nitrogens with one attached hydrogen (secondary N) is 2. The molecule has 3 aromatic rings. The van der Waals surface area contributed by atoms with Crippen LogP contribution in [0.2, 0.25) is 0 Å². The van der Waals surface area contributed by atoms with Gasteiger partial charge in [-0.05, 0) is 80.8 Å². The molecule has 0 radical (unpaired) electrons. The largest absolute Gasteiger partial charge is 0.497 e. The summed E-state index contributed by atoms with van der Waals surface area (Å²) < 4.78 is 21.8. The van der Waals surface area contributed by atoms with E-state index in [4.69, 9.17) is 14.7 Å². The number of fused-ring (bicyclic) bond motifs is 1. The molecule has 1 aromatic heterocycles. The number of likely N-dealkylation sites (N-methyl/N-ethyl adjacent to an activating group) is 1. The van der Waals surface area contributed by atoms with E-state index in [2.05, 4.69) is 60.1 Å². The normalized spacial score (nSPS) is 23.8. The lowest BCUT2D eigenvalue weighted by Gasteiger charge is -2.39. The molecule has 2 aromatic carbocycles. The minimum Gasteiger partial charge on any atom is -0.497 e. The summed E-state index contributed by atoms with van der Waals surface area (Å²) in [5.74, 6) is 2.17. The summed E-state index contributed by atoms with van der Waals surface area (Å²) in [7, 11) is 3.63. The Morgan fingerprint density at radius 1 is 1.12 bits per heavy atom. The van der Waals surface area contributed by atoms with E-state index < -0.39 is 0 Å². The van der Waals surface area contributed by atoms with Crippen LogP contribution in [0.5, 0.6) is 5.75 Å². The first kappa shape index (κ1) is 34.2. The molecule has 0 amide bonds. The number of halogens is 1. The number of guanidine groups is 1. The van der Waals surface area contributed by atoms with Crippen molar-refractivity contribution in [1.82, 2.24) is 24.7 Å². The topological polar surface area (TPSA) is 90.3 Å². The Kier molecular flexibility index (Phi) is 10.3.